The standard InChI is InChI=1S/C16H12Cl4N2O/c1-2-15(11-5-3-9(17)7-13(11)19)21-22-16(23)12-6-4-10(18)8-14(12)20/h3-8H,2H2,1H3,(H,22,23)/b21-15+. The third kappa shape index (κ3) is 4.61. The molecule has 1 N–H and O–H groups in total. The number of halogens is 4. The van der Waals surface area contributed by atoms with Gasteiger partial charge in [-0.2, -0.15) is 5.10 Å². The van der Waals surface area contributed by atoms with Crippen LogP contribution in [0.5, 0.6) is 0 Å². The molecule has 0 bridgehead atoms. The molecule has 0 heterocycles. The van der Waals surface area contributed by atoms with Crippen molar-refractivity contribution in [2.45, 2.75) is 13.3 Å². The molecule has 3 nitrogen and oxygen atoms in total. The van der Waals surface area contributed by atoms with E-state index in [4.69, 9.17) is 46.4 Å². The lowest BCUT2D eigenvalue weighted by Gasteiger charge is -2.08. The Morgan fingerprint density at radius 1 is 0.957 bits per heavy atom. The van der Waals surface area contributed by atoms with Gasteiger partial charge < -0.3 is 0 Å². The van der Waals surface area contributed by atoms with E-state index in [1.807, 2.05) is 6.92 Å². The van der Waals surface area contributed by atoms with Gasteiger partial charge in [0.05, 0.1) is 21.3 Å². The van der Waals surface area contributed by atoms with Crippen molar-refractivity contribution in [3.63, 3.8) is 0 Å². The maximum absolute atomic E-state index is 12.2. The molecule has 0 fully saturated rings. The second kappa shape index (κ2) is 8.02. The summed E-state index contributed by atoms with van der Waals surface area (Å²) in [7, 11) is 0. The van der Waals surface area contributed by atoms with Crippen molar-refractivity contribution in [3.05, 3.63) is 67.6 Å². The van der Waals surface area contributed by atoms with E-state index in [1.165, 1.54) is 12.1 Å². The van der Waals surface area contributed by atoms with Crippen LogP contribution in [0.1, 0.15) is 29.3 Å². The molecule has 0 atom stereocenters. The van der Waals surface area contributed by atoms with Gasteiger partial charge in [0.25, 0.3) is 5.91 Å². The molecular weight excluding hydrogens is 378 g/mol. The fourth-order valence-electron chi connectivity index (χ4n) is 1.91. The van der Waals surface area contributed by atoms with E-state index in [2.05, 4.69) is 10.5 Å². The molecule has 2 aromatic carbocycles. The normalized spacial score (nSPS) is 11.4. The average Bonchev–Trinajstić information content (AvgIpc) is 2.49. The number of nitrogens with zero attached hydrogens (tertiary/aromatic N) is 1. The van der Waals surface area contributed by atoms with Gasteiger partial charge >= 0.3 is 0 Å². The molecule has 0 aliphatic carbocycles. The lowest BCUT2D eigenvalue weighted by Crippen LogP contribution is -2.20. The monoisotopic (exact) mass is 388 g/mol. The highest BCUT2D eigenvalue weighted by Gasteiger charge is 2.12. The quantitative estimate of drug-likeness (QED) is 0.517. The number of nitrogens with one attached hydrogen (secondary N) is 1. The largest absolute Gasteiger partial charge is 0.272 e. The molecule has 7 heteroatoms. The van der Waals surface area contributed by atoms with Crippen LogP contribution in [0.15, 0.2) is 41.5 Å². The van der Waals surface area contributed by atoms with E-state index >= 15 is 0 Å². The molecule has 0 unspecified atom stereocenters. The molecule has 1 amide bonds. The van der Waals surface area contributed by atoms with E-state index in [-0.39, 0.29) is 10.6 Å². The Balaban J connectivity index is 2.23. The second-order valence-electron chi connectivity index (χ2n) is 4.60. The zero-order chi connectivity index (χ0) is 17.0. The molecule has 0 radical (unpaired) electrons. The summed E-state index contributed by atoms with van der Waals surface area (Å²) in [6.45, 7) is 1.91. The molecule has 0 aromatic heterocycles. The smallest absolute Gasteiger partial charge is 0.267 e. The van der Waals surface area contributed by atoms with Gasteiger partial charge in [0.15, 0.2) is 0 Å². The van der Waals surface area contributed by atoms with Gasteiger partial charge in [0, 0.05) is 15.6 Å². The molecule has 0 spiro atoms. The van der Waals surface area contributed by atoms with Crippen LogP contribution in [0.3, 0.4) is 0 Å². The fraction of sp³-hybridized carbons (Fsp3) is 0.125. The average molecular weight is 390 g/mol. The van der Waals surface area contributed by atoms with Gasteiger partial charge in [-0.3, -0.25) is 4.79 Å². The van der Waals surface area contributed by atoms with E-state index < -0.39 is 5.91 Å². The highest BCUT2D eigenvalue weighted by atomic mass is 35.5. The van der Waals surface area contributed by atoms with E-state index in [1.54, 1.807) is 24.3 Å². The van der Waals surface area contributed by atoms with Gasteiger partial charge in [0.2, 0.25) is 0 Å². The number of hydrogen-bond acceptors (Lipinski definition) is 2. The fourth-order valence-corrected chi connectivity index (χ4v) is 2.92. The van der Waals surface area contributed by atoms with E-state index in [9.17, 15) is 4.79 Å². The van der Waals surface area contributed by atoms with E-state index in [0.29, 0.717) is 32.8 Å². The summed E-state index contributed by atoms with van der Waals surface area (Å²) in [5.74, 6) is -0.428. The van der Waals surface area contributed by atoms with Crippen molar-refractivity contribution in [2.75, 3.05) is 0 Å². The topological polar surface area (TPSA) is 41.5 Å². The maximum atomic E-state index is 12.2. The third-order valence-electron chi connectivity index (χ3n) is 3.05. The van der Waals surface area contributed by atoms with Crippen LogP contribution in [0, 0.1) is 0 Å². The van der Waals surface area contributed by atoms with Crippen LogP contribution in [-0.4, -0.2) is 11.6 Å². The predicted molar refractivity (Wildman–Crippen MR) is 97.2 cm³/mol. The van der Waals surface area contributed by atoms with Crippen molar-refractivity contribution in [3.8, 4) is 0 Å². The summed E-state index contributed by atoms with van der Waals surface area (Å²) in [4.78, 5) is 12.2. The first-order valence-electron chi connectivity index (χ1n) is 6.69. The van der Waals surface area contributed by atoms with Crippen molar-refractivity contribution in [1.29, 1.82) is 0 Å². The van der Waals surface area contributed by atoms with Gasteiger partial charge in [-0.1, -0.05) is 59.4 Å². The summed E-state index contributed by atoms with van der Waals surface area (Å²) in [6, 6.07) is 9.72. The summed E-state index contributed by atoms with van der Waals surface area (Å²) >= 11 is 23.9. The van der Waals surface area contributed by atoms with Crippen molar-refractivity contribution in [2.24, 2.45) is 5.10 Å². The van der Waals surface area contributed by atoms with E-state index in [0.717, 1.165) is 0 Å². The van der Waals surface area contributed by atoms with Crippen LogP contribution in [0.25, 0.3) is 0 Å². The number of benzene rings is 2. The third-order valence-corrected chi connectivity index (χ3v) is 4.14. The Hall–Kier alpha value is -1.26. The van der Waals surface area contributed by atoms with Gasteiger partial charge in [-0.25, -0.2) is 5.43 Å². The van der Waals surface area contributed by atoms with Crippen LogP contribution in [0.2, 0.25) is 20.1 Å². The first-order valence-corrected chi connectivity index (χ1v) is 8.21. The van der Waals surface area contributed by atoms with Gasteiger partial charge in [-0.05, 0) is 36.8 Å². The molecule has 0 aliphatic heterocycles. The number of rotatable bonds is 4. The first kappa shape index (κ1) is 18.1. The SMILES string of the molecule is CC/C(=N\NC(=O)c1ccc(Cl)cc1Cl)c1ccc(Cl)cc1Cl. The molecular formula is C16H12Cl4N2O. The van der Waals surface area contributed by atoms with Gasteiger partial charge in [-0.15, -0.1) is 0 Å². The van der Waals surface area contributed by atoms with Crippen molar-refractivity contribution in [1.82, 2.24) is 5.43 Å². The summed E-state index contributed by atoms with van der Waals surface area (Å²) in [6.07, 6.45) is 0.579. The Morgan fingerprint density at radius 2 is 1.48 bits per heavy atom. The summed E-state index contributed by atoms with van der Waals surface area (Å²) in [5.41, 5.74) is 4.11. The van der Waals surface area contributed by atoms with Crippen molar-refractivity contribution >= 4 is 58.0 Å². The Kier molecular flexibility index (Phi) is 6.31. The molecule has 0 saturated carbocycles. The zero-order valence-electron chi connectivity index (χ0n) is 12.0. The summed E-state index contributed by atoms with van der Waals surface area (Å²) < 4.78 is 0. The lowest BCUT2D eigenvalue weighted by atomic mass is 10.1. The second-order valence-corrected chi connectivity index (χ2v) is 6.29. The minimum Gasteiger partial charge on any atom is -0.267 e. The number of carbonyl (C=O) groups is 1. The first-order chi connectivity index (χ1) is 10.9. The maximum Gasteiger partial charge on any atom is 0.272 e. The molecule has 2 aromatic rings. The molecule has 120 valence electrons. The minimum atomic E-state index is -0.428. The number of amides is 1. The molecule has 0 aliphatic rings. The Bertz CT molecular complexity index is 775. The highest BCUT2D eigenvalue weighted by Crippen LogP contribution is 2.23. The van der Waals surface area contributed by atoms with Crippen LogP contribution < -0.4 is 5.43 Å². The molecule has 2 rings (SSSR count). The lowest BCUT2D eigenvalue weighted by molar-refractivity contribution is 0.0955. The Morgan fingerprint density at radius 3 is 1.96 bits per heavy atom. The van der Waals surface area contributed by atoms with Crippen molar-refractivity contribution < 1.29 is 4.79 Å². The number of hydrazone groups is 1. The molecule has 23 heavy (non-hydrogen) atoms. The minimum absolute atomic E-state index is 0.257. The number of carbonyl (C=O) groups excluding carboxylic acids is 1. The zero-order valence-corrected chi connectivity index (χ0v) is 15.1. The summed E-state index contributed by atoms with van der Waals surface area (Å²) in [5, 5.41) is 5.86. The van der Waals surface area contributed by atoms with Crippen LogP contribution >= 0.6 is 46.4 Å². The van der Waals surface area contributed by atoms with Crippen LogP contribution in [0.4, 0.5) is 0 Å². The van der Waals surface area contributed by atoms with Crippen LogP contribution in [-0.2, 0) is 0 Å². The number of hydrogen-bond donors (Lipinski definition) is 1. The predicted octanol–water partition coefficient (Wildman–Crippen LogP) is 5.84. The Labute approximate surface area is 154 Å². The highest BCUT2D eigenvalue weighted by molar-refractivity contribution is 6.37. The van der Waals surface area contributed by atoms with Gasteiger partial charge in [0.1, 0.15) is 0 Å². The molecule has 0 saturated heterocycles.